The largest absolute Gasteiger partial charge is 0.480 e. The van der Waals surface area contributed by atoms with Gasteiger partial charge in [-0.2, -0.15) is 0 Å². The van der Waals surface area contributed by atoms with E-state index < -0.39 is 11.5 Å². The van der Waals surface area contributed by atoms with E-state index in [9.17, 15) is 9.90 Å². The normalized spacial score (nSPS) is 22.5. The molecule has 1 aliphatic carbocycles. The van der Waals surface area contributed by atoms with Crippen LogP contribution in [-0.2, 0) is 4.79 Å². The van der Waals surface area contributed by atoms with Crippen LogP contribution < -0.4 is 5.32 Å². The van der Waals surface area contributed by atoms with E-state index in [-0.39, 0.29) is 0 Å². The van der Waals surface area contributed by atoms with Crippen LogP contribution in [0.25, 0.3) is 0 Å². The summed E-state index contributed by atoms with van der Waals surface area (Å²) < 4.78 is 0. The van der Waals surface area contributed by atoms with Gasteiger partial charge in [0.05, 0.1) is 0 Å². The number of hydrogen-bond donors (Lipinski definition) is 2. The third-order valence-corrected chi connectivity index (χ3v) is 3.48. The quantitative estimate of drug-likeness (QED) is 0.686. The highest BCUT2D eigenvalue weighted by molar-refractivity contribution is 5.79. The Bertz CT molecular complexity index is 239. The molecule has 2 atom stereocenters. The lowest BCUT2D eigenvalue weighted by Gasteiger charge is -2.30. The van der Waals surface area contributed by atoms with E-state index >= 15 is 0 Å². The Morgan fingerprint density at radius 3 is 2.47 bits per heavy atom. The average molecular weight is 214 g/mol. The molecule has 15 heavy (non-hydrogen) atoms. The smallest absolute Gasteiger partial charge is 0.323 e. The highest BCUT2D eigenvalue weighted by atomic mass is 16.4. The van der Waals surface area contributed by atoms with Gasteiger partial charge in [0.15, 0.2) is 0 Å². The second kappa shape index (κ2) is 4.49. The molecule has 0 saturated heterocycles. The number of nitrogens with one attached hydrogen (secondary N) is 1. The summed E-state index contributed by atoms with van der Waals surface area (Å²) in [5.41, 5.74) is -0.732. The highest BCUT2D eigenvalue weighted by Crippen LogP contribution is 2.39. The maximum Gasteiger partial charge on any atom is 0.323 e. The van der Waals surface area contributed by atoms with Crippen molar-refractivity contribution < 1.29 is 9.90 Å². The fourth-order valence-electron chi connectivity index (χ4n) is 1.60. The minimum atomic E-state index is -0.732. The number of carbonyl (C=O) groups is 1. The average Bonchev–Trinajstić information content (AvgIpc) is 2.96. The first-order valence-electron chi connectivity index (χ1n) is 5.52. The van der Waals surface area contributed by atoms with Gasteiger partial charge in [-0.1, -0.05) is 0 Å². The molecule has 0 radical (unpaired) electrons. The molecule has 0 amide bonds. The summed E-state index contributed by atoms with van der Waals surface area (Å²) in [4.78, 5) is 13.3. The van der Waals surface area contributed by atoms with E-state index in [1.807, 2.05) is 14.1 Å². The molecular formula is C11H22N2O2. The molecule has 0 aliphatic heterocycles. The van der Waals surface area contributed by atoms with Crippen LogP contribution in [0.4, 0.5) is 0 Å². The summed E-state index contributed by atoms with van der Waals surface area (Å²) in [7, 11) is 4.00. The molecule has 1 saturated carbocycles. The Morgan fingerprint density at radius 1 is 1.60 bits per heavy atom. The van der Waals surface area contributed by atoms with Crippen LogP contribution in [0.5, 0.6) is 0 Å². The molecule has 2 N–H and O–H groups in total. The van der Waals surface area contributed by atoms with Crippen LogP contribution in [-0.4, -0.2) is 48.2 Å². The van der Waals surface area contributed by atoms with Crippen molar-refractivity contribution in [2.24, 2.45) is 5.92 Å². The maximum absolute atomic E-state index is 11.2. The minimum Gasteiger partial charge on any atom is -0.480 e. The molecule has 2 unspecified atom stereocenters. The van der Waals surface area contributed by atoms with Gasteiger partial charge >= 0.3 is 5.97 Å². The number of carboxylic acids is 1. The SMILES string of the molecule is CC(CNC(C)(C(=O)O)C1CC1)N(C)C. The second-order valence-corrected chi connectivity index (χ2v) is 4.98. The van der Waals surface area contributed by atoms with Crippen molar-refractivity contribution >= 4 is 5.97 Å². The van der Waals surface area contributed by atoms with E-state index in [0.717, 1.165) is 12.8 Å². The number of aliphatic carboxylic acids is 1. The highest BCUT2D eigenvalue weighted by Gasteiger charge is 2.47. The Morgan fingerprint density at radius 2 is 2.13 bits per heavy atom. The Labute approximate surface area is 91.6 Å². The van der Waals surface area contributed by atoms with Crippen molar-refractivity contribution in [3.05, 3.63) is 0 Å². The zero-order chi connectivity index (χ0) is 11.6. The summed E-state index contributed by atoms with van der Waals surface area (Å²) in [6, 6.07) is 0.349. The summed E-state index contributed by atoms with van der Waals surface area (Å²) >= 11 is 0. The van der Waals surface area contributed by atoms with Gasteiger partial charge in [-0.05, 0) is 46.7 Å². The number of carboxylic acid groups (broad SMARTS) is 1. The lowest BCUT2D eigenvalue weighted by molar-refractivity contribution is -0.145. The van der Waals surface area contributed by atoms with E-state index in [1.54, 1.807) is 6.92 Å². The monoisotopic (exact) mass is 214 g/mol. The Kier molecular flexibility index (Phi) is 3.73. The van der Waals surface area contributed by atoms with Gasteiger partial charge in [-0.3, -0.25) is 4.79 Å². The molecule has 0 aromatic heterocycles. The fraction of sp³-hybridized carbons (Fsp3) is 0.909. The van der Waals surface area contributed by atoms with Crippen LogP contribution in [0.1, 0.15) is 26.7 Å². The number of rotatable bonds is 6. The van der Waals surface area contributed by atoms with Gasteiger partial charge < -0.3 is 15.3 Å². The molecule has 88 valence electrons. The lowest BCUT2D eigenvalue weighted by Crippen LogP contribution is -2.54. The Balaban J connectivity index is 2.49. The number of likely N-dealkylation sites (N-methyl/N-ethyl adjacent to an activating group) is 1. The first-order chi connectivity index (χ1) is 6.88. The summed E-state index contributed by atoms with van der Waals surface area (Å²) in [6.07, 6.45) is 2.07. The van der Waals surface area contributed by atoms with Crippen molar-refractivity contribution in [3.8, 4) is 0 Å². The molecule has 1 fully saturated rings. The van der Waals surface area contributed by atoms with Crippen molar-refractivity contribution in [3.63, 3.8) is 0 Å². The predicted molar refractivity (Wildman–Crippen MR) is 59.9 cm³/mol. The minimum absolute atomic E-state index is 0.310. The molecule has 0 aromatic rings. The van der Waals surface area contributed by atoms with Gasteiger partial charge in [0.2, 0.25) is 0 Å². The van der Waals surface area contributed by atoms with Crippen LogP contribution in [0, 0.1) is 5.92 Å². The first-order valence-corrected chi connectivity index (χ1v) is 5.52. The summed E-state index contributed by atoms with van der Waals surface area (Å²) in [6.45, 7) is 4.60. The second-order valence-electron chi connectivity index (χ2n) is 4.98. The molecule has 4 heteroatoms. The topological polar surface area (TPSA) is 52.6 Å². The summed E-state index contributed by atoms with van der Waals surface area (Å²) in [5.74, 6) is -0.416. The zero-order valence-electron chi connectivity index (χ0n) is 10.1. The first kappa shape index (κ1) is 12.5. The zero-order valence-corrected chi connectivity index (χ0v) is 10.1. The van der Waals surface area contributed by atoms with Crippen LogP contribution >= 0.6 is 0 Å². The standard InChI is InChI=1S/C11H22N2O2/c1-8(13(3)4)7-12-11(2,10(14)15)9-5-6-9/h8-9,12H,5-7H2,1-4H3,(H,14,15). The van der Waals surface area contributed by atoms with Gasteiger partial charge in [-0.15, -0.1) is 0 Å². The van der Waals surface area contributed by atoms with Crippen molar-refractivity contribution in [1.82, 2.24) is 10.2 Å². The van der Waals surface area contributed by atoms with Gasteiger partial charge in [-0.25, -0.2) is 0 Å². The molecule has 4 nitrogen and oxygen atoms in total. The van der Waals surface area contributed by atoms with Crippen LogP contribution in [0.15, 0.2) is 0 Å². The molecule has 1 aliphatic rings. The van der Waals surface area contributed by atoms with Crippen molar-refractivity contribution in [2.45, 2.75) is 38.3 Å². The molecule has 0 spiro atoms. The Hall–Kier alpha value is -0.610. The number of nitrogens with zero attached hydrogens (tertiary/aromatic N) is 1. The summed E-state index contributed by atoms with van der Waals surface area (Å²) in [5, 5.41) is 12.4. The van der Waals surface area contributed by atoms with Crippen molar-refractivity contribution in [1.29, 1.82) is 0 Å². The molecular weight excluding hydrogens is 192 g/mol. The van der Waals surface area contributed by atoms with Crippen LogP contribution in [0.3, 0.4) is 0 Å². The number of hydrogen-bond acceptors (Lipinski definition) is 3. The third-order valence-electron chi connectivity index (χ3n) is 3.48. The van der Waals surface area contributed by atoms with Crippen molar-refractivity contribution in [2.75, 3.05) is 20.6 Å². The third kappa shape index (κ3) is 2.92. The van der Waals surface area contributed by atoms with Gasteiger partial charge in [0.25, 0.3) is 0 Å². The van der Waals surface area contributed by atoms with Gasteiger partial charge in [0.1, 0.15) is 5.54 Å². The molecule has 0 bridgehead atoms. The molecule has 1 rings (SSSR count). The van der Waals surface area contributed by atoms with Crippen LogP contribution in [0.2, 0.25) is 0 Å². The maximum atomic E-state index is 11.2. The predicted octanol–water partition coefficient (Wildman–Crippen LogP) is 0.779. The fourth-order valence-corrected chi connectivity index (χ4v) is 1.60. The molecule has 0 aromatic carbocycles. The van der Waals surface area contributed by atoms with E-state index in [0.29, 0.717) is 18.5 Å². The van der Waals surface area contributed by atoms with E-state index in [1.165, 1.54) is 0 Å². The van der Waals surface area contributed by atoms with E-state index in [4.69, 9.17) is 0 Å². The molecule has 0 heterocycles. The lowest BCUT2D eigenvalue weighted by atomic mass is 9.95. The van der Waals surface area contributed by atoms with Gasteiger partial charge in [0, 0.05) is 12.6 Å². The van der Waals surface area contributed by atoms with E-state index in [2.05, 4.69) is 17.1 Å².